The molecule has 2 aliphatic rings. The van der Waals surface area contributed by atoms with Gasteiger partial charge in [0.1, 0.15) is 11.4 Å². The fraction of sp³-hybridized carbons (Fsp3) is 0.875. The first kappa shape index (κ1) is 17.3. The zero-order chi connectivity index (χ0) is 16.7. The predicted octanol–water partition coefficient (Wildman–Crippen LogP) is 2.25. The molecule has 22 heavy (non-hydrogen) atoms. The molecule has 2 rings (SSSR count). The van der Waals surface area contributed by atoms with Crippen LogP contribution in [-0.4, -0.2) is 46.8 Å². The van der Waals surface area contributed by atoms with Crippen molar-refractivity contribution in [3.8, 4) is 0 Å². The molecule has 1 aliphatic carbocycles. The SMILES string of the molecule is CC(=O)[C@@H]1C[C@H](CC(=O)N2CCC(O)(C(F)F)CC2)C1(C)C. The first-order chi connectivity index (χ1) is 10.1. The van der Waals surface area contributed by atoms with Gasteiger partial charge in [-0.3, -0.25) is 9.59 Å². The summed E-state index contributed by atoms with van der Waals surface area (Å²) in [6.45, 7) is 5.94. The van der Waals surface area contributed by atoms with Gasteiger partial charge in [-0.2, -0.15) is 0 Å². The largest absolute Gasteiger partial charge is 0.384 e. The Morgan fingerprint density at radius 2 is 1.82 bits per heavy atom. The fourth-order valence-corrected chi connectivity index (χ4v) is 3.75. The maximum absolute atomic E-state index is 12.7. The maximum atomic E-state index is 12.7. The van der Waals surface area contributed by atoms with E-state index < -0.39 is 12.0 Å². The molecule has 1 amide bonds. The lowest BCUT2D eigenvalue weighted by Gasteiger charge is -2.51. The summed E-state index contributed by atoms with van der Waals surface area (Å²) in [5, 5.41) is 9.74. The Labute approximate surface area is 129 Å². The zero-order valence-corrected chi connectivity index (χ0v) is 13.4. The highest BCUT2D eigenvalue weighted by molar-refractivity contribution is 5.81. The Morgan fingerprint density at radius 3 is 2.23 bits per heavy atom. The van der Waals surface area contributed by atoms with Crippen LogP contribution in [0.3, 0.4) is 0 Å². The number of carbonyl (C=O) groups is 2. The number of Topliss-reactive ketones (excluding diaryl/α,β-unsaturated/α-hetero) is 1. The highest BCUT2D eigenvalue weighted by Gasteiger charge is 2.51. The van der Waals surface area contributed by atoms with Crippen LogP contribution in [0.5, 0.6) is 0 Å². The Balaban J connectivity index is 1.86. The van der Waals surface area contributed by atoms with E-state index in [4.69, 9.17) is 0 Å². The van der Waals surface area contributed by atoms with Crippen molar-refractivity contribution in [1.29, 1.82) is 0 Å². The summed E-state index contributed by atoms with van der Waals surface area (Å²) in [7, 11) is 0. The Kier molecular flexibility index (Phi) is 4.62. The molecule has 0 aromatic carbocycles. The Hall–Kier alpha value is -1.04. The van der Waals surface area contributed by atoms with Crippen molar-refractivity contribution in [2.45, 2.75) is 58.5 Å². The lowest BCUT2D eigenvalue weighted by molar-refractivity contribution is -0.154. The number of ketones is 1. The lowest BCUT2D eigenvalue weighted by Crippen LogP contribution is -2.53. The van der Waals surface area contributed by atoms with Crippen molar-refractivity contribution in [3.63, 3.8) is 0 Å². The van der Waals surface area contributed by atoms with Crippen LogP contribution < -0.4 is 0 Å². The van der Waals surface area contributed by atoms with Crippen LogP contribution in [0.4, 0.5) is 8.78 Å². The van der Waals surface area contributed by atoms with Gasteiger partial charge in [0.15, 0.2) is 0 Å². The van der Waals surface area contributed by atoms with Crippen molar-refractivity contribution < 1.29 is 23.5 Å². The number of piperidine rings is 1. The molecular weight excluding hydrogens is 292 g/mol. The van der Waals surface area contributed by atoms with Crippen molar-refractivity contribution in [3.05, 3.63) is 0 Å². The molecule has 6 heteroatoms. The van der Waals surface area contributed by atoms with Gasteiger partial charge in [0, 0.05) is 25.4 Å². The van der Waals surface area contributed by atoms with Gasteiger partial charge in [-0.15, -0.1) is 0 Å². The molecule has 1 aliphatic heterocycles. The predicted molar refractivity (Wildman–Crippen MR) is 77.4 cm³/mol. The first-order valence-corrected chi connectivity index (χ1v) is 7.86. The van der Waals surface area contributed by atoms with E-state index in [-0.39, 0.29) is 54.9 Å². The van der Waals surface area contributed by atoms with Gasteiger partial charge in [-0.1, -0.05) is 13.8 Å². The number of hydrogen-bond acceptors (Lipinski definition) is 3. The van der Waals surface area contributed by atoms with Gasteiger partial charge in [0.2, 0.25) is 5.91 Å². The van der Waals surface area contributed by atoms with E-state index in [1.807, 2.05) is 13.8 Å². The number of nitrogens with zero attached hydrogens (tertiary/aromatic N) is 1. The molecule has 126 valence electrons. The van der Waals surface area contributed by atoms with E-state index in [1.54, 1.807) is 11.8 Å². The summed E-state index contributed by atoms with van der Waals surface area (Å²) in [5.41, 5.74) is -2.13. The number of carbonyl (C=O) groups excluding carboxylic acids is 2. The van der Waals surface area contributed by atoms with Crippen molar-refractivity contribution >= 4 is 11.7 Å². The summed E-state index contributed by atoms with van der Waals surface area (Å²) in [6, 6.07) is 0. The average molecular weight is 317 g/mol. The van der Waals surface area contributed by atoms with Crippen LogP contribution in [0, 0.1) is 17.3 Å². The molecule has 0 aromatic heterocycles. The molecule has 2 fully saturated rings. The molecule has 1 saturated heterocycles. The van der Waals surface area contributed by atoms with Gasteiger partial charge in [-0.25, -0.2) is 8.78 Å². The summed E-state index contributed by atoms with van der Waals surface area (Å²) in [4.78, 5) is 25.4. The molecular formula is C16H25F2NO3. The molecule has 0 spiro atoms. The topological polar surface area (TPSA) is 57.6 Å². The maximum Gasteiger partial charge on any atom is 0.266 e. The highest BCUT2D eigenvalue weighted by Crippen LogP contribution is 2.53. The van der Waals surface area contributed by atoms with Crippen molar-refractivity contribution in [1.82, 2.24) is 4.90 Å². The molecule has 0 bridgehead atoms. The second-order valence-corrected chi connectivity index (χ2v) is 7.41. The molecule has 1 saturated carbocycles. The monoisotopic (exact) mass is 317 g/mol. The minimum atomic E-state index is -2.77. The summed E-state index contributed by atoms with van der Waals surface area (Å²) in [5.74, 6) is 0.269. The number of halogens is 2. The third-order valence-electron chi connectivity index (χ3n) is 5.77. The van der Waals surface area contributed by atoms with Crippen molar-refractivity contribution in [2.75, 3.05) is 13.1 Å². The van der Waals surface area contributed by atoms with E-state index in [2.05, 4.69) is 0 Å². The smallest absolute Gasteiger partial charge is 0.266 e. The quantitative estimate of drug-likeness (QED) is 0.865. The fourth-order valence-electron chi connectivity index (χ4n) is 3.75. The van der Waals surface area contributed by atoms with Crippen LogP contribution in [0.2, 0.25) is 0 Å². The average Bonchev–Trinajstić information content (AvgIpc) is 2.42. The van der Waals surface area contributed by atoms with Gasteiger partial charge in [0.05, 0.1) is 0 Å². The highest BCUT2D eigenvalue weighted by atomic mass is 19.3. The molecule has 4 nitrogen and oxygen atoms in total. The summed E-state index contributed by atoms with van der Waals surface area (Å²) < 4.78 is 25.5. The second-order valence-electron chi connectivity index (χ2n) is 7.41. The Morgan fingerprint density at radius 1 is 1.27 bits per heavy atom. The number of rotatable bonds is 4. The van der Waals surface area contributed by atoms with Gasteiger partial charge >= 0.3 is 0 Å². The molecule has 1 heterocycles. The van der Waals surface area contributed by atoms with E-state index in [1.165, 1.54) is 0 Å². The van der Waals surface area contributed by atoms with Gasteiger partial charge < -0.3 is 10.0 Å². The summed E-state index contributed by atoms with van der Waals surface area (Å²) >= 11 is 0. The third-order valence-corrected chi connectivity index (χ3v) is 5.77. The van der Waals surface area contributed by atoms with Crippen LogP contribution in [0.1, 0.15) is 46.5 Å². The zero-order valence-electron chi connectivity index (χ0n) is 13.4. The molecule has 1 N–H and O–H groups in total. The third kappa shape index (κ3) is 3.03. The van der Waals surface area contributed by atoms with Gasteiger partial charge in [-0.05, 0) is 37.5 Å². The molecule has 0 radical (unpaired) electrons. The van der Waals surface area contributed by atoms with Crippen LogP contribution in [-0.2, 0) is 9.59 Å². The lowest BCUT2D eigenvalue weighted by atomic mass is 9.52. The van der Waals surface area contributed by atoms with E-state index in [0.29, 0.717) is 6.42 Å². The molecule has 0 aromatic rings. The van der Waals surface area contributed by atoms with E-state index in [9.17, 15) is 23.5 Å². The first-order valence-electron chi connectivity index (χ1n) is 7.86. The normalized spacial score (nSPS) is 30.0. The summed E-state index contributed by atoms with van der Waals surface area (Å²) in [6.07, 6.45) is -1.86. The van der Waals surface area contributed by atoms with E-state index >= 15 is 0 Å². The number of alkyl halides is 2. The minimum absolute atomic E-state index is 0.00980. The Bertz CT molecular complexity index is 456. The second kappa shape index (κ2) is 5.87. The van der Waals surface area contributed by atoms with Crippen LogP contribution >= 0.6 is 0 Å². The van der Waals surface area contributed by atoms with Crippen LogP contribution in [0.25, 0.3) is 0 Å². The standard InChI is InChI=1S/C16H25F2NO3/c1-10(20)12-8-11(15(12,2)3)9-13(21)19-6-4-16(22,5-7-19)14(17)18/h11-12,14,22H,4-9H2,1-3H3/t11-,12+/m1/s1. The van der Waals surface area contributed by atoms with Gasteiger partial charge in [0.25, 0.3) is 6.43 Å². The molecule has 2 atom stereocenters. The number of aliphatic hydroxyl groups is 1. The number of likely N-dealkylation sites (tertiary alicyclic amines) is 1. The van der Waals surface area contributed by atoms with E-state index in [0.717, 1.165) is 6.42 Å². The van der Waals surface area contributed by atoms with Crippen molar-refractivity contribution in [2.24, 2.45) is 17.3 Å². The van der Waals surface area contributed by atoms with Crippen LogP contribution in [0.15, 0.2) is 0 Å². The minimum Gasteiger partial charge on any atom is -0.384 e. The molecule has 0 unspecified atom stereocenters. The number of amides is 1. The number of hydrogen-bond donors (Lipinski definition) is 1.